The van der Waals surface area contributed by atoms with Crippen molar-refractivity contribution in [1.82, 2.24) is 5.32 Å². The Balaban J connectivity index is 4.25. The van der Waals surface area contributed by atoms with E-state index in [9.17, 15) is 4.79 Å². The Kier molecular flexibility index (Phi) is 4.90. The fourth-order valence-corrected chi connectivity index (χ4v) is 1.38. The van der Waals surface area contributed by atoms with E-state index in [1.165, 1.54) is 0 Å². The van der Waals surface area contributed by atoms with Crippen molar-refractivity contribution in [3.05, 3.63) is 0 Å². The van der Waals surface area contributed by atoms with Crippen LogP contribution in [-0.2, 0) is 4.79 Å². The molecule has 0 radical (unpaired) electrons. The highest BCUT2D eigenvalue weighted by Gasteiger charge is 2.31. The van der Waals surface area contributed by atoms with Crippen LogP contribution in [-0.4, -0.2) is 18.5 Å². The molecule has 0 aliphatic rings. The molecule has 3 heteroatoms. The highest BCUT2D eigenvalue weighted by Crippen LogP contribution is 2.17. The summed E-state index contributed by atoms with van der Waals surface area (Å²) in [7, 11) is 1.80. The maximum atomic E-state index is 11.1. The summed E-state index contributed by atoms with van der Waals surface area (Å²) in [4.78, 5) is 11.1. The first-order chi connectivity index (χ1) is 5.63. The third kappa shape index (κ3) is 2.48. The van der Waals surface area contributed by atoms with Crippen molar-refractivity contribution in [1.29, 1.82) is 0 Å². The monoisotopic (exact) mass is 172 g/mol. The normalized spacial score (nSPS) is 15.6. The number of carbonyl (C=O) groups excluding carboxylic acids is 1. The minimum absolute atomic E-state index is 0.235. The van der Waals surface area contributed by atoms with Gasteiger partial charge in [0, 0.05) is 0 Å². The lowest BCUT2D eigenvalue weighted by Crippen LogP contribution is -2.53. The molecule has 0 rings (SSSR count). The Bertz CT molecular complexity index is 141. The van der Waals surface area contributed by atoms with Crippen LogP contribution >= 0.6 is 0 Å². The number of rotatable bonds is 6. The van der Waals surface area contributed by atoms with Crippen molar-refractivity contribution < 1.29 is 4.79 Å². The third-order valence-electron chi connectivity index (χ3n) is 2.51. The van der Waals surface area contributed by atoms with E-state index in [0.717, 1.165) is 25.7 Å². The molecule has 3 nitrogen and oxygen atoms in total. The summed E-state index contributed by atoms with van der Waals surface area (Å²) in [5.74, 6) is -0.235. The highest BCUT2D eigenvalue weighted by molar-refractivity contribution is 5.84. The quantitative estimate of drug-likeness (QED) is 0.628. The molecule has 0 aliphatic carbocycles. The first-order valence-corrected chi connectivity index (χ1v) is 4.61. The molecule has 12 heavy (non-hydrogen) atoms. The van der Waals surface area contributed by atoms with Gasteiger partial charge >= 0.3 is 0 Å². The predicted molar refractivity (Wildman–Crippen MR) is 50.8 cm³/mol. The number of amides is 1. The zero-order valence-corrected chi connectivity index (χ0v) is 8.31. The number of hydrogen-bond acceptors (Lipinski definition) is 2. The van der Waals surface area contributed by atoms with Crippen LogP contribution in [0.4, 0.5) is 0 Å². The summed E-state index contributed by atoms with van der Waals surface area (Å²) in [6.45, 7) is 4.09. The summed E-state index contributed by atoms with van der Waals surface area (Å²) in [6, 6.07) is 0. The second-order valence-corrected chi connectivity index (χ2v) is 3.15. The molecule has 0 aliphatic heterocycles. The van der Waals surface area contributed by atoms with Gasteiger partial charge in [0.05, 0.1) is 5.54 Å². The van der Waals surface area contributed by atoms with Crippen LogP contribution in [0, 0.1) is 0 Å². The molecule has 1 unspecified atom stereocenters. The van der Waals surface area contributed by atoms with Crippen LogP contribution in [0.25, 0.3) is 0 Å². The van der Waals surface area contributed by atoms with Gasteiger partial charge in [-0.05, 0) is 19.9 Å². The summed E-state index contributed by atoms with van der Waals surface area (Å²) in [5, 5.41) is 3.02. The Morgan fingerprint density at radius 2 is 2.08 bits per heavy atom. The Morgan fingerprint density at radius 3 is 2.33 bits per heavy atom. The molecule has 0 spiro atoms. The molecule has 0 saturated carbocycles. The Hall–Kier alpha value is -0.570. The van der Waals surface area contributed by atoms with Crippen molar-refractivity contribution in [2.24, 2.45) is 5.73 Å². The SMILES string of the molecule is CCCCC(CC)(NC)C(N)=O. The number of unbranched alkanes of at least 4 members (excludes halogenated alkanes) is 1. The van der Waals surface area contributed by atoms with Crippen molar-refractivity contribution >= 4 is 5.91 Å². The number of carbonyl (C=O) groups is 1. The van der Waals surface area contributed by atoms with E-state index >= 15 is 0 Å². The highest BCUT2D eigenvalue weighted by atomic mass is 16.1. The van der Waals surface area contributed by atoms with Gasteiger partial charge in [-0.2, -0.15) is 0 Å². The fraction of sp³-hybridized carbons (Fsp3) is 0.889. The number of hydrogen-bond donors (Lipinski definition) is 2. The van der Waals surface area contributed by atoms with Crippen molar-refractivity contribution in [2.75, 3.05) is 7.05 Å². The molecule has 0 aromatic carbocycles. The fourth-order valence-electron chi connectivity index (χ4n) is 1.38. The van der Waals surface area contributed by atoms with Crippen LogP contribution in [0.15, 0.2) is 0 Å². The molecule has 0 bridgehead atoms. The van der Waals surface area contributed by atoms with E-state index < -0.39 is 5.54 Å². The van der Waals surface area contributed by atoms with Crippen LogP contribution in [0.5, 0.6) is 0 Å². The zero-order valence-electron chi connectivity index (χ0n) is 8.31. The second kappa shape index (κ2) is 5.14. The largest absolute Gasteiger partial charge is 0.368 e. The molecule has 0 aromatic rings. The van der Waals surface area contributed by atoms with Gasteiger partial charge in [0.25, 0.3) is 0 Å². The molecule has 1 amide bonds. The maximum absolute atomic E-state index is 11.1. The summed E-state index contributed by atoms with van der Waals surface area (Å²) >= 11 is 0. The van der Waals surface area contributed by atoms with Gasteiger partial charge in [-0.1, -0.05) is 26.7 Å². The maximum Gasteiger partial charge on any atom is 0.237 e. The number of likely N-dealkylation sites (N-methyl/N-ethyl adjacent to an activating group) is 1. The molecular weight excluding hydrogens is 152 g/mol. The summed E-state index contributed by atoms with van der Waals surface area (Å²) in [6.07, 6.45) is 3.74. The number of nitrogens with two attached hydrogens (primary N) is 1. The Morgan fingerprint density at radius 1 is 1.50 bits per heavy atom. The predicted octanol–water partition coefficient (Wildman–Crippen LogP) is 1.03. The van der Waals surface area contributed by atoms with E-state index in [1.807, 2.05) is 6.92 Å². The number of primary amides is 1. The first-order valence-electron chi connectivity index (χ1n) is 4.61. The van der Waals surface area contributed by atoms with Gasteiger partial charge in [0.2, 0.25) is 5.91 Å². The van der Waals surface area contributed by atoms with E-state index in [2.05, 4.69) is 12.2 Å². The summed E-state index contributed by atoms with van der Waals surface area (Å²) in [5.41, 5.74) is 4.86. The van der Waals surface area contributed by atoms with Crippen LogP contribution in [0.1, 0.15) is 39.5 Å². The lowest BCUT2D eigenvalue weighted by molar-refractivity contribution is -0.124. The van der Waals surface area contributed by atoms with Gasteiger partial charge < -0.3 is 11.1 Å². The van der Waals surface area contributed by atoms with Crippen molar-refractivity contribution in [2.45, 2.75) is 45.1 Å². The van der Waals surface area contributed by atoms with Crippen LogP contribution in [0.2, 0.25) is 0 Å². The zero-order chi connectivity index (χ0) is 9.61. The molecule has 1 atom stereocenters. The lowest BCUT2D eigenvalue weighted by atomic mass is 9.89. The Labute approximate surface area is 74.7 Å². The number of nitrogens with one attached hydrogen (secondary N) is 1. The van der Waals surface area contributed by atoms with Crippen molar-refractivity contribution in [3.8, 4) is 0 Å². The molecule has 0 saturated heterocycles. The minimum Gasteiger partial charge on any atom is -0.368 e. The molecule has 0 aromatic heterocycles. The van der Waals surface area contributed by atoms with Gasteiger partial charge in [-0.15, -0.1) is 0 Å². The average Bonchev–Trinajstić information content (AvgIpc) is 2.07. The second-order valence-electron chi connectivity index (χ2n) is 3.15. The molecule has 3 N–H and O–H groups in total. The van der Waals surface area contributed by atoms with Crippen LogP contribution < -0.4 is 11.1 Å². The van der Waals surface area contributed by atoms with E-state index in [1.54, 1.807) is 7.05 Å². The minimum atomic E-state index is -0.476. The lowest BCUT2D eigenvalue weighted by Gasteiger charge is -2.28. The topological polar surface area (TPSA) is 55.1 Å². The molecule has 0 heterocycles. The van der Waals surface area contributed by atoms with Crippen LogP contribution in [0.3, 0.4) is 0 Å². The van der Waals surface area contributed by atoms with Gasteiger partial charge in [-0.3, -0.25) is 4.79 Å². The molecule has 0 fully saturated rings. The molecule has 72 valence electrons. The summed E-state index contributed by atoms with van der Waals surface area (Å²) < 4.78 is 0. The standard InChI is InChI=1S/C9H20N2O/c1-4-6-7-9(5-2,11-3)8(10)12/h11H,4-7H2,1-3H3,(H2,10,12). The third-order valence-corrected chi connectivity index (χ3v) is 2.51. The average molecular weight is 172 g/mol. The van der Waals surface area contributed by atoms with E-state index in [0.29, 0.717) is 0 Å². The van der Waals surface area contributed by atoms with Gasteiger partial charge in [0.15, 0.2) is 0 Å². The van der Waals surface area contributed by atoms with Gasteiger partial charge in [0.1, 0.15) is 0 Å². The first kappa shape index (κ1) is 11.4. The van der Waals surface area contributed by atoms with Crippen molar-refractivity contribution in [3.63, 3.8) is 0 Å². The van der Waals surface area contributed by atoms with E-state index in [-0.39, 0.29) is 5.91 Å². The molecular formula is C9H20N2O. The van der Waals surface area contributed by atoms with Gasteiger partial charge in [-0.25, -0.2) is 0 Å². The van der Waals surface area contributed by atoms with E-state index in [4.69, 9.17) is 5.73 Å². The smallest absolute Gasteiger partial charge is 0.237 e.